The minimum Gasteiger partial charge on any atom is -0.368 e. The number of nitrogens with two attached hydrogens (primary N) is 1. The number of carbonyl (C=O) groups is 2. The topological polar surface area (TPSA) is 110 Å². The van der Waals surface area contributed by atoms with Crippen molar-refractivity contribution < 1.29 is 14.0 Å². The van der Waals surface area contributed by atoms with Crippen LogP contribution in [-0.4, -0.2) is 27.8 Å². The van der Waals surface area contributed by atoms with Gasteiger partial charge in [0.15, 0.2) is 11.6 Å². The molecule has 2 aromatic heterocycles. The molecule has 0 fully saturated rings. The summed E-state index contributed by atoms with van der Waals surface area (Å²) in [4.78, 5) is 32.7. The Hall–Kier alpha value is -2.55. The van der Waals surface area contributed by atoms with E-state index in [1.165, 1.54) is 11.3 Å². The molecule has 1 atom stereocenters. The fourth-order valence-electron chi connectivity index (χ4n) is 2.77. The molecule has 2 amide bonds. The van der Waals surface area contributed by atoms with Crippen LogP contribution in [0.4, 0.5) is 10.2 Å². The van der Waals surface area contributed by atoms with E-state index in [0.717, 1.165) is 0 Å². The Balaban J connectivity index is 2.07. The maximum absolute atomic E-state index is 14.8. The molecule has 0 aromatic carbocycles. The van der Waals surface area contributed by atoms with Gasteiger partial charge in [-0.2, -0.15) is 0 Å². The Morgan fingerprint density at radius 1 is 1.52 bits per heavy atom. The predicted octanol–water partition coefficient (Wildman–Crippen LogP) is 1.90. The molecule has 3 heterocycles. The molecule has 9 heteroatoms. The maximum atomic E-state index is 14.8. The van der Waals surface area contributed by atoms with Crippen LogP contribution in [0.15, 0.2) is 11.7 Å². The van der Waals surface area contributed by atoms with E-state index in [-0.39, 0.29) is 35.3 Å². The summed E-state index contributed by atoms with van der Waals surface area (Å²) in [6.07, 6.45) is 2.01. The van der Waals surface area contributed by atoms with Gasteiger partial charge in [-0.3, -0.25) is 14.6 Å². The van der Waals surface area contributed by atoms with Crippen LogP contribution in [0.1, 0.15) is 36.2 Å². The molecule has 3 rings (SSSR count). The third-order valence-electron chi connectivity index (χ3n) is 3.92. The molecule has 7 nitrogen and oxygen atoms in total. The lowest BCUT2D eigenvalue weighted by Gasteiger charge is -2.19. The fourth-order valence-corrected chi connectivity index (χ4v) is 3.39. The molecule has 4 N–H and O–H groups in total. The molecule has 0 saturated carbocycles. The highest BCUT2D eigenvalue weighted by Crippen LogP contribution is 2.34. The van der Waals surface area contributed by atoms with Crippen molar-refractivity contribution in [3.63, 3.8) is 0 Å². The third kappa shape index (κ3) is 3.32. The Kier molecular flexibility index (Phi) is 4.67. The van der Waals surface area contributed by atoms with Gasteiger partial charge in [-0.05, 0) is 12.3 Å². The number of carbonyl (C=O) groups excluding carboxylic acids is 2. The van der Waals surface area contributed by atoms with Gasteiger partial charge in [-0.25, -0.2) is 9.37 Å². The van der Waals surface area contributed by atoms with Crippen LogP contribution in [0, 0.1) is 11.7 Å². The van der Waals surface area contributed by atoms with Crippen molar-refractivity contribution in [2.45, 2.75) is 32.9 Å². The lowest BCUT2D eigenvalue weighted by molar-refractivity contribution is -0.119. The monoisotopic (exact) mass is 363 g/mol. The average Bonchev–Trinajstić information content (AvgIpc) is 3.19. The first-order valence-corrected chi connectivity index (χ1v) is 8.71. The smallest absolute Gasteiger partial charge is 0.254 e. The van der Waals surface area contributed by atoms with E-state index in [2.05, 4.69) is 20.6 Å². The molecule has 0 aliphatic carbocycles. The van der Waals surface area contributed by atoms with Crippen LogP contribution in [0.3, 0.4) is 0 Å². The summed E-state index contributed by atoms with van der Waals surface area (Å²) < 4.78 is 14.8. The van der Waals surface area contributed by atoms with Crippen molar-refractivity contribution >= 4 is 29.0 Å². The Labute approximate surface area is 147 Å². The molecular formula is C16H18FN5O2S. The van der Waals surface area contributed by atoms with Crippen LogP contribution in [0.25, 0.3) is 10.6 Å². The Morgan fingerprint density at radius 3 is 2.88 bits per heavy atom. The number of nitrogens with one attached hydrogen (secondary N) is 2. The number of aromatic nitrogens is 2. The highest BCUT2D eigenvalue weighted by molar-refractivity contribution is 7.13. The molecular weight excluding hydrogens is 345 g/mol. The Bertz CT molecular complexity index is 822. The number of fused-ring (bicyclic) bond motifs is 1. The van der Waals surface area contributed by atoms with Crippen LogP contribution < -0.4 is 16.4 Å². The lowest BCUT2D eigenvalue weighted by atomic mass is 10.0. The summed E-state index contributed by atoms with van der Waals surface area (Å²) in [7, 11) is 0. The van der Waals surface area contributed by atoms with E-state index in [1.807, 2.05) is 13.8 Å². The number of anilines is 1. The standard InChI is InChI=1S/C16H18FN5O2S/c1-7(2)3-9(14(18)23)21-15-12(17)8-4-20-16(24)11(8)13(22-15)10-5-19-6-25-10/h5-7,9H,3-4H2,1-2H3,(H2,18,23)(H,20,24)(H,21,22). The molecule has 25 heavy (non-hydrogen) atoms. The molecule has 0 spiro atoms. The van der Waals surface area contributed by atoms with Gasteiger partial charge in [0.25, 0.3) is 5.91 Å². The first-order valence-electron chi connectivity index (χ1n) is 7.83. The van der Waals surface area contributed by atoms with Crippen molar-refractivity contribution in [1.82, 2.24) is 15.3 Å². The van der Waals surface area contributed by atoms with Crippen LogP contribution in [-0.2, 0) is 11.3 Å². The Morgan fingerprint density at radius 2 is 2.28 bits per heavy atom. The first-order chi connectivity index (χ1) is 11.9. The number of hydrogen-bond acceptors (Lipinski definition) is 6. The first kappa shape index (κ1) is 17.3. The molecule has 1 unspecified atom stereocenters. The number of thiazole rings is 1. The second kappa shape index (κ2) is 6.75. The van der Waals surface area contributed by atoms with E-state index < -0.39 is 17.8 Å². The number of hydrogen-bond donors (Lipinski definition) is 3. The van der Waals surface area contributed by atoms with Crippen molar-refractivity contribution in [1.29, 1.82) is 0 Å². The second-order valence-corrected chi connectivity index (χ2v) is 7.14. The number of pyridine rings is 1. The summed E-state index contributed by atoms with van der Waals surface area (Å²) >= 11 is 1.30. The molecule has 0 saturated heterocycles. The minimum absolute atomic E-state index is 0.0778. The normalized spacial score (nSPS) is 14.3. The van der Waals surface area contributed by atoms with E-state index >= 15 is 0 Å². The summed E-state index contributed by atoms with van der Waals surface area (Å²) in [6.45, 7) is 3.96. The largest absolute Gasteiger partial charge is 0.368 e. The van der Waals surface area contributed by atoms with Crippen molar-refractivity contribution in [2.24, 2.45) is 11.7 Å². The number of rotatable bonds is 6. The fraction of sp³-hybridized carbons (Fsp3) is 0.375. The molecule has 2 aromatic rings. The SMILES string of the molecule is CC(C)CC(Nc1nc(-c2cncs2)c2c(c1F)CNC2=O)C(N)=O. The van der Waals surface area contributed by atoms with Gasteiger partial charge in [0.1, 0.15) is 6.04 Å². The third-order valence-corrected chi connectivity index (χ3v) is 4.69. The van der Waals surface area contributed by atoms with Gasteiger partial charge in [0.2, 0.25) is 5.91 Å². The van der Waals surface area contributed by atoms with Crippen LogP contribution in [0.5, 0.6) is 0 Å². The van der Waals surface area contributed by atoms with Gasteiger partial charge < -0.3 is 16.4 Å². The highest BCUT2D eigenvalue weighted by atomic mass is 32.1. The zero-order valence-corrected chi connectivity index (χ0v) is 14.6. The zero-order valence-electron chi connectivity index (χ0n) is 13.8. The summed E-state index contributed by atoms with van der Waals surface area (Å²) in [5.74, 6) is -1.49. The molecule has 1 aliphatic rings. The van der Waals surface area contributed by atoms with Gasteiger partial charge in [0, 0.05) is 18.3 Å². The van der Waals surface area contributed by atoms with Crippen molar-refractivity contribution in [2.75, 3.05) is 5.32 Å². The molecule has 0 bridgehead atoms. The van der Waals surface area contributed by atoms with Crippen LogP contribution >= 0.6 is 11.3 Å². The zero-order chi connectivity index (χ0) is 18.1. The lowest BCUT2D eigenvalue weighted by Crippen LogP contribution is -2.37. The average molecular weight is 363 g/mol. The van der Waals surface area contributed by atoms with Gasteiger partial charge in [0.05, 0.1) is 21.6 Å². The summed E-state index contributed by atoms with van der Waals surface area (Å²) in [5, 5.41) is 5.42. The predicted molar refractivity (Wildman–Crippen MR) is 92.5 cm³/mol. The highest BCUT2D eigenvalue weighted by Gasteiger charge is 2.31. The molecule has 1 aliphatic heterocycles. The van der Waals surface area contributed by atoms with E-state index in [4.69, 9.17) is 5.73 Å². The minimum atomic E-state index is -0.751. The van der Waals surface area contributed by atoms with Crippen LogP contribution in [0.2, 0.25) is 0 Å². The number of nitrogens with zero attached hydrogens (tertiary/aromatic N) is 2. The van der Waals surface area contributed by atoms with E-state index in [9.17, 15) is 14.0 Å². The number of halogens is 1. The summed E-state index contributed by atoms with van der Waals surface area (Å²) in [6, 6.07) is -0.751. The van der Waals surface area contributed by atoms with Gasteiger partial charge in [-0.15, -0.1) is 11.3 Å². The van der Waals surface area contributed by atoms with Crippen molar-refractivity contribution in [3.05, 3.63) is 28.7 Å². The van der Waals surface area contributed by atoms with E-state index in [1.54, 1.807) is 11.7 Å². The molecule has 132 valence electrons. The summed E-state index contributed by atoms with van der Waals surface area (Å²) in [5.41, 5.74) is 7.83. The second-order valence-electron chi connectivity index (χ2n) is 6.25. The molecule has 0 radical (unpaired) electrons. The van der Waals surface area contributed by atoms with Gasteiger partial charge >= 0.3 is 0 Å². The quantitative estimate of drug-likeness (QED) is 0.726. The van der Waals surface area contributed by atoms with Gasteiger partial charge in [-0.1, -0.05) is 13.8 Å². The van der Waals surface area contributed by atoms with E-state index in [0.29, 0.717) is 17.0 Å². The maximum Gasteiger partial charge on any atom is 0.254 e. The van der Waals surface area contributed by atoms with Crippen molar-refractivity contribution in [3.8, 4) is 10.6 Å². The number of amides is 2. The number of primary amides is 1.